The maximum atomic E-state index is 12.1. The second-order valence-corrected chi connectivity index (χ2v) is 6.63. The summed E-state index contributed by atoms with van der Waals surface area (Å²) in [6.45, 7) is 1.90. The molecule has 0 N–H and O–H groups in total. The third-order valence-corrected chi connectivity index (χ3v) is 4.82. The summed E-state index contributed by atoms with van der Waals surface area (Å²) in [5, 5.41) is 11.0. The molecule has 0 aliphatic carbocycles. The minimum Gasteiger partial charge on any atom is -0.273 e. The van der Waals surface area contributed by atoms with Crippen LogP contribution in [0.25, 0.3) is 0 Å². The van der Waals surface area contributed by atoms with Crippen molar-refractivity contribution in [2.45, 2.75) is 6.92 Å². The van der Waals surface area contributed by atoms with Gasteiger partial charge in [-0.05, 0) is 19.1 Å². The van der Waals surface area contributed by atoms with Gasteiger partial charge in [0.1, 0.15) is 4.49 Å². The second kappa shape index (κ2) is 6.91. The Morgan fingerprint density at radius 1 is 1.27 bits per heavy atom. The highest BCUT2D eigenvalue weighted by Crippen LogP contribution is 2.40. The minimum atomic E-state index is -0.699. The van der Waals surface area contributed by atoms with Crippen LogP contribution < -0.4 is 4.90 Å². The van der Waals surface area contributed by atoms with E-state index in [2.05, 4.69) is 0 Å². The van der Waals surface area contributed by atoms with E-state index in [9.17, 15) is 14.9 Å². The van der Waals surface area contributed by atoms with Crippen molar-refractivity contribution in [3.05, 3.63) is 60.2 Å². The number of hydrogen-bond donors (Lipinski definition) is 0. The number of thioether (sulfide) groups is 1. The molecule has 0 spiro atoms. The molecular formula is C13H9Cl3N2O3S. The summed E-state index contributed by atoms with van der Waals surface area (Å²) in [7, 11) is 0. The minimum absolute atomic E-state index is 0.0740. The van der Waals surface area contributed by atoms with Crippen LogP contribution in [-0.2, 0) is 4.79 Å². The molecule has 0 unspecified atom stereocenters. The fraction of sp³-hybridized carbons (Fsp3) is 0.154. The number of amides is 1. The lowest BCUT2D eigenvalue weighted by Gasteiger charge is -2.17. The summed E-state index contributed by atoms with van der Waals surface area (Å²) in [4.78, 5) is 24.0. The van der Waals surface area contributed by atoms with Crippen molar-refractivity contribution in [2.75, 3.05) is 10.7 Å². The van der Waals surface area contributed by atoms with Gasteiger partial charge in [0.15, 0.2) is 10.1 Å². The molecule has 1 aromatic carbocycles. The number of anilines is 1. The van der Waals surface area contributed by atoms with E-state index >= 15 is 0 Å². The van der Waals surface area contributed by atoms with Gasteiger partial charge in [0.2, 0.25) is 5.91 Å². The number of benzene rings is 1. The Kier molecular flexibility index (Phi) is 5.39. The van der Waals surface area contributed by atoms with E-state index in [1.165, 1.54) is 4.90 Å². The van der Waals surface area contributed by atoms with Gasteiger partial charge in [-0.1, -0.05) is 64.3 Å². The van der Waals surface area contributed by atoms with E-state index in [4.69, 9.17) is 34.8 Å². The third-order valence-electron chi connectivity index (χ3n) is 2.84. The average molecular weight is 380 g/mol. The summed E-state index contributed by atoms with van der Waals surface area (Å²) < 4.78 is -0.426. The Balaban J connectivity index is 2.63. The summed E-state index contributed by atoms with van der Waals surface area (Å²) >= 11 is 18.0. The summed E-state index contributed by atoms with van der Waals surface area (Å²) in [5.41, 5.74) is 1.04. The maximum Gasteiger partial charge on any atom is 0.320 e. The first-order valence-electron chi connectivity index (χ1n) is 5.95. The van der Waals surface area contributed by atoms with E-state index in [1.54, 1.807) is 24.3 Å². The number of rotatable bonds is 3. The second-order valence-electron chi connectivity index (χ2n) is 4.34. The Morgan fingerprint density at radius 2 is 1.86 bits per heavy atom. The highest BCUT2D eigenvalue weighted by atomic mass is 35.5. The number of carbonyl (C=O) groups is 1. The van der Waals surface area contributed by atoms with Gasteiger partial charge in [-0.3, -0.25) is 19.8 Å². The lowest BCUT2D eigenvalue weighted by atomic mass is 10.2. The first-order valence-corrected chi connectivity index (χ1v) is 8.07. The number of carbonyl (C=O) groups excluding carboxylic acids is 1. The molecule has 0 saturated carbocycles. The van der Waals surface area contributed by atoms with Gasteiger partial charge in [-0.25, -0.2) is 0 Å². The van der Waals surface area contributed by atoms with E-state index in [-0.39, 0.29) is 16.7 Å². The molecule has 2 rings (SSSR count). The average Bonchev–Trinajstić information content (AvgIpc) is 2.81. The number of nitro groups is 1. The third kappa shape index (κ3) is 3.41. The van der Waals surface area contributed by atoms with Crippen molar-refractivity contribution < 1.29 is 9.72 Å². The topological polar surface area (TPSA) is 63.5 Å². The van der Waals surface area contributed by atoms with Crippen LogP contribution in [0.5, 0.6) is 0 Å². The number of nitrogens with zero attached hydrogens (tertiary/aromatic N) is 2. The number of aryl methyl sites for hydroxylation is 1. The van der Waals surface area contributed by atoms with Gasteiger partial charge < -0.3 is 0 Å². The zero-order valence-corrected chi connectivity index (χ0v) is 14.3. The Hall–Kier alpha value is -1.21. The van der Waals surface area contributed by atoms with Gasteiger partial charge in [0, 0.05) is 5.69 Å². The van der Waals surface area contributed by atoms with Crippen LogP contribution in [0.2, 0.25) is 0 Å². The molecule has 1 amide bonds. The predicted molar refractivity (Wildman–Crippen MR) is 89.7 cm³/mol. The molecule has 1 aliphatic heterocycles. The van der Waals surface area contributed by atoms with Crippen molar-refractivity contribution in [2.24, 2.45) is 0 Å². The Morgan fingerprint density at radius 3 is 2.36 bits per heavy atom. The van der Waals surface area contributed by atoms with Gasteiger partial charge in [-0.2, -0.15) is 0 Å². The molecule has 1 saturated heterocycles. The van der Waals surface area contributed by atoms with Crippen molar-refractivity contribution in [3.8, 4) is 0 Å². The molecule has 116 valence electrons. The zero-order chi connectivity index (χ0) is 16.4. The van der Waals surface area contributed by atoms with E-state index < -0.39 is 20.1 Å². The van der Waals surface area contributed by atoms with E-state index in [0.29, 0.717) is 5.69 Å². The van der Waals surface area contributed by atoms with Gasteiger partial charge in [0.05, 0.1) is 10.7 Å². The molecule has 1 fully saturated rings. The molecule has 1 aromatic rings. The van der Waals surface area contributed by atoms with Crippen molar-refractivity contribution >= 4 is 58.2 Å². The predicted octanol–water partition coefficient (Wildman–Crippen LogP) is 4.41. The Labute approximate surface area is 145 Å². The van der Waals surface area contributed by atoms with E-state index in [1.807, 2.05) is 6.92 Å². The van der Waals surface area contributed by atoms with Gasteiger partial charge in [0.25, 0.3) is 0 Å². The SMILES string of the molecule is Cc1ccc(N2C(=O)CS/C2=C(\C(Cl)=C(Cl)Cl)[N+](=O)[O-])cc1. The number of hydrogen-bond acceptors (Lipinski definition) is 4. The van der Waals surface area contributed by atoms with Crippen LogP contribution in [0.1, 0.15) is 5.56 Å². The standard InChI is InChI=1S/C13H9Cl3N2O3S/c1-7-2-4-8(5-3-7)17-9(19)6-22-13(17)11(18(20)21)10(14)12(15)16/h2-5H,6H2,1H3/b13-11+. The quantitative estimate of drug-likeness (QED) is 0.576. The molecule has 9 heteroatoms. The fourth-order valence-corrected chi connectivity index (χ4v) is 3.28. The lowest BCUT2D eigenvalue weighted by molar-refractivity contribution is -0.420. The monoisotopic (exact) mass is 378 g/mol. The highest BCUT2D eigenvalue weighted by molar-refractivity contribution is 8.04. The normalized spacial score (nSPS) is 16.7. The molecule has 0 atom stereocenters. The van der Waals surface area contributed by atoms with E-state index in [0.717, 1.165) is 17.3 Å². The number of allylic oxidation sites excluding steroid dienone is 1. The van der Waals surface area contributed by atoms with Crippen LogP contribution in [0.3, 0.4) is 0 Å². The van der Waals surface area contributed by atoms with Gasteiger partial charge >= 0.3 is 5.70 Å². The summed E-state index contributed by atoms with van der Waals surface area (Å²) in [5.74, 6) is -0.205. The first kappa shape index (κ1) is 17.1. The fourth-order valence-electron chi connectivity index (χ4n) is 1.84. The van der Waals surface area contributed by atoms with Crippen LogP contribution >= 0.6 is 46.6 Å². The largest absolute Gasteiger partial charge is 0.320 e. The molecule has 1 aliphatic rings. The van der Waals surface area contributed by atoms with Crippen molar-refractivity contribution in [1.82, 2.24) is 0 Å². The smallest absolute Gasteiger partial charge is 0.273 e. The van der Waals surface area contributed by atoms with Crippen LogP contribution in [0, 0.1) is 17.0 Å². The molecule has 1 heterocycles. The molecule has 0 bridgehead atoms. The maximum absolute atomic E-state index is 12.1. The number of halogens is 3. The molecular weight excluding hydrogens is 371 g/mol. The Bertz CT molecular complexity index is 697. The molecule has 5 nitrogen and oxygen atoms in total. The van der Waals surface area contributed by atoms with Crippen molar-refractivity contribution in [3.63, 3.8) is 0 Å². The molecule has 22 heavy (non-hydrogen) atoms. The van der Waals surface area contributed by atoms with Gasteiger partial charge in [-0.15, -0.1) is 0 Å². The highest BCUT2D eigenvalue weighted by Gasteiger charge is 2.37. The van der Waals surface area contributed by atoms with Crippen LogP contribution in [0.15, 0.2) is 44.5 Å². The summed E-state index contributed by atoms with van der Waals surface area (Å²) in [6.07, 6.45) is 0. The lowest BCUT2D eigenvalue weighted by Crippen LogP contribution is -2.25. The first-order chi connectivity index (χ1) is 10.3. The zero-order valence-electron chi connectivity index (χ0n) is 11.2. The molecule has 0 aromatic heterocycles. The summed E-state index contributed by atoms with van der Waals surface area (Å²) in [6, 6.07) is 7.02. The van der Waals surface area contributed by atoms with Crippen LogP contribution in [-0.4, -0.2) is 16.6 Å². The van der Waals surface area contributed by atoms with Crippen LogP contribution in [0.4, 0.5) is 5.69 Å². The molecule has 0 radical (unpaired) electrons. The van der Waals surface area contributed by atoms with Crippen molar-refractivity contribution in [1.29, 1.82) is 0 Å².